The fraction of sp³-hybridized carbons (Fsp3) is 0.241. The van der Waals surface area contributed by atoms with Gasteiger partial charge in [0.25, 0.3) is 5.91 Å². The van der Waals surface area contributed by atoms with Crippen LogP contribution in [-0.2, 0) is 15.1 Å². The van der Waals surface area contributed by atoms with Gasteiger partial charge in [0.2, 0.25) is 5.91 Å². The fourth-order valence-corrected chi connectivity index (χ4v) is 6.12. The number of amides is 2. The summed E-state index contributed by atoms with van der Waals surface area (Å²) in [5.74, 6) is -0.544. The molecular weight excluding hydrogens is 474 g/mol. The number of carbonyl (C=O) groups is 2. The summed E-state index contributed by atoms with van der Waals surface area (Å²) in [5, 5.41) is 12.5. The summed E-state index contributed by atoms with van der Waals surface area (Å²) in [6.45, 7) is 2.12. The number of carbonyl (C=O) groups excluding carboxylic acids is 2. The van der Waals surface area contributed by atoms with Crippen LogP contribution >= 0.6 is 11.6 Å². The van der Waals surface area contributed by atoms with E-state index < -0.39 is 11.6 Å². The molecule has 0 unspecified atom stereocenters. The molecule has 1 saturated heterocycles. The maximum absolute atomic E-state index is 14.1. The van der Waals surface area contributed by atoms with Crippen molar-refractivity contribution in [1.82, 2.24) is 14.8 Å². The number of nitrogens with zero attached hydrogens (tertiary/aromatic N) is 2. The lowest BCUT2D eigenvalue weighted by Crippen LogP contribution is -2.67. The number of aliphatic hydroxyl groups excluding tert-OH is 1. The normalized spacial score (nSPS) is 22.5. The quantitative estimate of drug-likeness (QED) is 0.431. The van der Waals surface area contributed by atoms with Crippen molar-refractivity contribution >= 4 is 34.3 Å². The highest BCUT2D eigenvalue weighted by atomic mass is 35.5. The van der Waals surface area contributed by atoms with E-state index in [4.69, 9.17) is 11.6 Å². The van der Waals surface area contributed by atoms with Gasteiger partial charge in [-0.25, -0.2) is 0 Å². The molecule has 4 aromatic rings. The van der Waals surface area contributed by atoms with Gasteiger partial charge in [0, 0.05) is 28.4 Å². The number of benzene rings is 3. The van der Waals surface area contributed by atoms with Gasteiger partial charge in [-0.05, 0) is 35.7 Å². The van der Waals surface area contributed by atoms with E-state index in [1.54, 1.807) is 4.90 Å². The van der Waals surface area contributed by atoms with E-state index in [-0.39, 0.29) is 30.8 Å². The number of aliphatic hydroxyl groups is 1. The molecule has 2 aliphatic heterocycles. The number of nitrogens with one attached hydrogen (secondary N) is 1. The maximum atomic E-state index is 14.1. The van der Waals surface area contributed by atoms with Crippen LogP contribution in [0.15, 0.2) is 78.9 Å². The van der Waals surface area contributed by atoms with Gasteiger partial charge in [-0.1, -0.05) is 78.3 Å². The first-order valence-electron chi connectivity index (χ1n) is 12.1. The van der Waals surface area contributed by atoms with Crippen molar-refractivity contribution in [3.05, 3.63) is 106 Å². The highest BCUT2D eigenvalue weighted by molar-refractivity contribution is 6.31. The molecule has 6 rings (SSSR count). The highest BCUT2D eigenvalue weighted by Crippen LogP contribution is 2.49. The van der Waals surface area contributed by atoms with Crippen molar-refractivity contribution in [3.8, 4) is 0 Å². The maximum Gasteiger partial charge on any atom is 0.255 e. The van der Waals surface area contributed by atoms with Crippen LogP contribution < -0.4 is 0 Å². The number of halogens is 1. The minimum Gasteiger partial charge on any atom is -0.387 e. The molecule has 0 spiro atoms. The molecule has 1 fully saturated rings. The Kier molecular flexibility index (Phi) is 5.39. The minimum absolute atomic E-state index is 0.0432. The zero-order valence-electron chi connectivity index (χ0n) is 19.8. The summed E-state index contributed by atoms with van der Waals surface area (Å²) < 4.78 is 0. The first-order valence-corrected chi connectivity index (χ1v) is 12.5. The smallest absolute Gasteiger partial charge is 0.255 e. The summed E-state index contributed by atoms with van der Waals surface area (Å²) >= 11 is 6.64. The van der Waals surface area contributed by atoms with Gasteiger partial charge < -0.3 is 19.9 Å². The lowest BCUT2D eigenvalue weighted by molar-refractivity contribution is -0.167. The lowest BCUT2D eigenvalue weighted by atomic mass is 9.76. The number of aromatic nitrogens is 1. The van der Waals surface area contributed by atoms with Crippen molar-refractivity contribution < 1.29 is 14.7 Å². The Balaban J connectivity index is 1.48. The largest absolute Gasteiger partial charge is 0.387 e. The van der Waals surface area contributed by atoms with E-state index in [0.717, 1.165) is 22.0 Å². The van der Waals surface area contributed by atoms with Gasteiger partial charge in [-0.3, -0.25) is 9.59 Å². The van der Waals surface area contributed by atoms with Gasteiger partial charge in [0.05, 0.1) is 24.9 Å². The third kappa shape index (κ3) is 3.36. The molecule has 3 heterocycles. The van der Waals surface area contributed by atoms with Crippen molar-refractivity contribution in [3.63, 3.8) is 0 Å². The molecule has 0 bridgehead atoms. The van der Waals surface area contributed by atoms with Crippen molar-refractivity contribution in [2.45, 2.75) is 24.5 Å². The van der Waals surface area contributed by atoms with E-state index in [1.165, 1.54) is 4.90 Å². The first kappa shape index (κ1) is 22.8. The average Bonchev–Trinajstić information content (AvgIpc) is 3.29. The monoisotopic (exact) mass is 499 g/mol. The molecule has 1 aromatic heterocycles. The fourth-order valence-electron chi connectivity index (χ4n) is 5.85. The second-order valence-corrected chi connectivity index (χ2v) is 10.1. The highest BCUT2D eigenvalue weighted by Gasteiger charge is 2.56. The molecule has 0 saturated carbocycles. The number of hydrogen-bond acceptors (Lipinski definition) is 3. The van der Waals surface area contributed by atoms with Crippen LogP contribution in [-0.4, -0.2) is 51.3 Å². The van der Waals surface area contributed by atoms with E-state index in [1.807, 2.05) is 85.8 Å². The number of piperazine rings is 1. The van der Waals surface area contributed by atoms with Gasteiger partial charge in [-0.2, -0.15) is 0 Å². The molecule has 36 heavy (non-hydrogen) atoms. The molecule has 0 radical (unpaired) electrons. The van der Waals surface area contributed by atoms with Gasteiger partial charge >= 0.3 is 0 Å². The summed E-state index contributed by atoms with van der Waals surface area (Å²) in [5.41, 5.74) is 3.01. The van der Waals surface area contributed by atoms with Crippen LogP contribution in [0.4, 0.5) is 0 Å². The standard InChI is InChI=1S/C29H26ClN3O3/c1-29-27-26(20-12-6-8-14-23(20)31-27)21(19-11-5-7-13-22(19)30)15-33(29)25(35)17-32(28(29)36)16-24(34)18-9-3-2-4-10-18/h2-14,21,24,31,34H,15-17H2,1H3/t21-,24+,29+/m1/s1. The predicted molar refractivity (Wildman–Crippen MR) is 139 cm³/mol. The van der Waals surface area contributed by atoms with Crippen molar-refractivity contribution in [2.75, 3.05) is 19.6 Å². The number of rotatable bonds is 4. The number of H-pyrrole nitrogens is 1. The van der Waals surface area contributed by atoms with Crippen LogP contribution in [0.25, 0.3) is 10.9 Å². The Labute approximate surface area is 214 Å². The van der Waals surface area contributed by atoms with Crippen LogP contribution in [0.1, 0.15) is 41.3 Å². The van der Waals surface area contributed by atoms with Crippen molar-refractivity contribution in [2.24, 2.45) is 0 Å². The summed E-state index contributed by atoms with van der Waals surface area (Å²) in [6.07, 6.45) is -0.889. The lowest BCUT2D eigenvalue weighted by Gasteiger charge is -2.51. The Bertz CT molecular complexity index is 1480. The van der Waals surface area contributed by atoms with Gasteiger partial charge in [0.1, 0.15) is 0 Å². The van der Waals surface area contributed by atoms with E-state index >= 15 is 0 Å². The minimum atomic E-state index is -1.22. The molecule has 6 nitrogen and oxygen atoms in total. The first-order chi connectivity index (χ1) is 17.4. The molecule has 3 atom stereocenters. The van der Waals surface area contributed by atoms with Crippen LogP contribution in [0.5, 0.6) is 0 Å². The second kappa shape index (κ2) is 8.50. The number of aromatic amines is 1. The average molecular weight is 500 g/mol. The van der Waals surface area contributed by atoms with Crippen LogP contribution in [0, 0.1) is 0 Å². The summed E-state index contributed by atoms with van der Waals surface area (Å²) in [7, 11) is 0. The van der Waals surface area contributed by atoms with Crippen molar-refractivity contribution in [1.29, 1.82) is 0 Å². The number of para-hydroxylation sites is 1. The third-order valence-corrected chi connectivity index (χ3v) is 8.02. The van der Waals surface area contributed by atoms with Crippen LogP contribution in [0.2, 0.25) is 5.02 Å². The molecule has 7 heteroatoms. The Morgan fingerprint density at radius 1 is 1.03 bits per heavy atom. The van der Waals surface area contributed by atoms with E-state index in [2.05, 4.69) is 4.98 Å². The van der Waals surface area contributed by atoms with Gasteiger partial charge in [0.15, 0.2) is 5.54 Å². The molecule has 0 aliphatic carbocycles. The Morgan fingerprint density at radius 2 is 1.72 bits per heavy atom. The molecule has 182 valence electrons. The SMILES string of the molecule is C[C@]12C(=O)N(C[C@H](O)c3ccccc3)CC(=O)N1C[C@H](c1ccccc1Cl)c1c2[nH]c2ccccc12. The summed E-state index contributed by atoms with van der Waals surface area (Å²) in [4.78, 5) is 34.4. The van der Waals surface area contributed by atoms with E-state index in [9.17, 15) is 14.7 Å². The molecule has 2 amide bonds. The molecular formula is C29H26ClN3O3. The number of hydrogen-bond donors (Lipinski definition) is 2. The van der Waals surface area contributed by atoms with E-state index in [0.29, 0.717) is 22.8 Å². The molecule has 3 aromatic carbocycles. The van der Waals surface area contributed by atoms with Crippen LogP contribution in [0.3, 0.4) is 0 Å². The second-order valence-electron chi connectivity index (χ2n) is 9.72. The summed E-state index contributed by atoms with van der Waals surface area (Å²) in [6, 6.07) is 24.8. The Hall–Kier alpha value is -3.61. The molecule has 2 N–H and O–H groups in total. The van der Waals surface area contributed by atoms with Gasteiger partial charge in [-0.15, -0.1) is 0 Å². The predicted octanol–water partition coefficient (Wildman–Crippen LogP) is 4.59. The zero-order chi connectivity index (χ0) is 25.0. The number of β-amino-alcohol motifs (C(OH)–C–C–N with tert-alkyl or cyclic N) is 1. The Morgan fingerprint density at radius 3 is 2.50 bits per heavy atom. The third-order valence-electron chi connectivity index (χ3n) is 7.68. The molecule has 2 aliphatic rings. The topological polar surface area (TPSA) is 76.6 Å². The zero-order valence-corrected chi connectivity index (χ0v) is 20.6. The number of fused-ring (bicyclic) bond motifs is 5.